The van der Waals surface area contributed by atoms with Crippen molar-refractivity contribution in [2.45, 2.75) is 108 Å². The molecule has 1 amide bonds. The molecule has 43 heavy (non-hydrogen) atoms. The number of hydrogen-bond acceptors (Lipinski definition) is 9. The Bertz CT molecular complexity index is 1150. The normalized spacial score (nSPS) is 42.6. The Hall–Kier alpha value is -2.27. The lowest BCUT2D eigenvalue weighted by atomic mass is 9.58. The SMILES string of the molecule is CC=C(CCO)C(=O)OC1(C)CC=CC(C2CC(N)NCC2CC(=O)N2CCC2)C12CC1CC3CCC(=O)OC3CC1O2. The number of carbonyl (C=O) groups is 3. The lowest BCUT2D eigenvalue weighted by molar-refractivity contribution is -0.227. The quantitative estimate of drug-likeness (QED) is 0.229. The Morgan fingerprint density at radius 3 is 2.77 bits per heavy atom. The molecule has 4 heterocycles. The molecule has 1 spiro atoms. The predicted octanol–water partition coefficient (Wildman–Crippen LogP) is 2.59. The molecule has 0 aromatic heterocycles. The predicted molar refractivity (Wildman–Crippen MR) is 158 cm³/mol. The number of aliphatic hydroxyl groups excluding tert-OH is 1. The molecule has 10 heteroatoms. The van der Waals surface area contributed by atoms with Crippen LogP contribution in [-0.2, 0) is 28.6 Å². The van der Waals surface area contributed by atoms with Crippen molar-refractivity contribution in [2.24, 2.45) is 35.3 Å². The number of ether oxygens (including phenoxy) is 3. The number of esters is 2. The summed E-state index contributed by atoms with van der Waals surface area (Å²) in [7, 11) is 0. The van der Waals surface area contributed by atoms with Crippen LogP contribution < -0.4 is 11.1 Å². The summed E-state index contributed by atoms with van der Waals surface area (Å²) in [5.41, 5.74) is 5.16. The van der Waals surface area contributed by atoms with Gasteiger partial charge in [0.25, 0.3) is 0 Å². The molecular formula is C33H49N3O7. The second kappa shape index (κ2) is 12.3. The second-order valence-electron chi connectivity index (χ2n) is 14.0. The number of likely N-dealkylation sites (tertiary alicyclic amines) is 1. The molecule has 238 valence electrons. The van der Waals surface area contributed by atoms with Gasteiger partial charge in [-0.25, -0.2) is 4.79 Å². The highest BCUT2D eigenvalue weighted by molar-refractivity contribution is 5.88. The maximum atomic E-state index is 13.6. The lowest BCUT2D eigenvalue weighted by Crippen LogP contribution is -2.64. The Morgan fingerprint density at radius 2 is 2.05 bits per heavy atom. The molecule has 10 unspecified atom stereocenters. The van der Waals surface area contributed by atoms with Crippen LogP contribution in [0.5, 0.6) is 0 Å². The van der Waals surface area contributed by atoms with Gasteiger partial charge in [0.15, 0.2) is 0 Å². The molecule has 0 radical (unpaired) electrons. The summed E-state index contributed by atoms with van der Waals surface area (Å²) in [6.07, 6.45) is 12.1. The number of piperidine rings is 1. The van der Waals surface area contributed by atoms with Crippen LogP contribution in [0.3, 0.4) is 0 Å². The van der Waals surface area contributed by atoms with Crippen LogP contribution in [0.25, 0.3) is 0 Å². The molecule has 0 bridgehead atoms. The van der Waals surface area contributed by atoms with Crippen molar-refractivity contribution in [2.75, 3.05) is 26.2 Å². The van der Waals surface area contributed by atoms with Crippen LogP contribution in [0.15, 0.2) is 23.8 Å². The van der Waals surface area contributed by atoms with E-state index in [2.05, 4.69) is 17.5 Å². The zero-order valence-corrected chi connectivity index (χ0v) is 25.7. The number of allylic oxidation sites excluding steroid dienone is 1. The monoisotopic (exact) mass is 599 g/mol. The fourth-order valence-corrected chi connectivity index (χ4v) is 9.00. The van der Waals surface area contributed by atoms with Gasteiger partial charge < -0.3 is 35.3 Å². The van der Waals surface area contributed by atoms with E-state index in [4.69, 9.17) is 19.9 Å². The first kappa shape index (κ1) is 30.7. The standard InChI is InChI=1S/C33H49N3O7/c1-3-20(9-13-37)31(40)43-32(2)10-4-6-25(24-16-28(34)35-19-23(24)15-29(38)36-11-5-12-36)33(32)18-22-14-21-7-8-30(39)41-26(21)17-27(22)42-33/h3-4,6,21-28,35,37H,5,7-19,34H2,1-2H3. The maximum Gasteiger partial charge on any atom is 0.334 e. The zero-order valence-electron chi connectivity index (χ0n) is 25.7. The number of amides is 1. The molecule has 10 nitrogen and oxygen atoms in total. The Kier molecular flexibility index (Phi) is 8.76. The third-order valence-corrected chi connectivity index (χ3v) is 11.5. The fourth-order valence-electron chi connectivity index (χ4n) is 9.00. The molecule has 0 aromatic carbocycles. The van der Waals surface area contributed by atoms with Gasteiger partial charge in [-0.3, -0.25) is 9.59 Å². The van der Waals surface area contributed by atoms with E-state index in [-0.39, 0.29) is 66.9 Å². The van der Waals surface area contributed by atoms with Crippen molar-refractivity contribution in [1.82, 2.24) is 10.2 Å². The third-order valence-electron chi connectivity index (χ3n) is 11.5. The highest BCUT2D eigenvalue weighted by Gasteiger charge is 2.66. The van der Waals surface area contributed by atoms with E-state index in [0.717, 1.165) is 38.8 Å². The van der Waals surface area contributed by atoms with Crippen LogP contribution in [0.4, 0.5) is 0 Å². The Morgan fingerprint density at radius 1 is 1.23 bits per heavy atom. The molecule has 6 rings (SSSR count). The summed E-state index contributed by atoms with van der Waals surface area (Å²) in [5, 5.41) is 13.0. The summed E-state index contributed by atoms with van der Waals surface area (Å²) in [6.45, 7) is 5.94. The van der Waals surface area contributed by atoms with E-state index in [1.54, 1.807) is 13.0 Å². The van der Waals surface area contributed by atoms with Crippen molar-refractivity contribution in [3.63, 3.8) is 0 Å². The van der Waals surface area contributed by atoms with Gasteiger partial charge in [0.05, 0.1) is 12.3 Å². The molecule has 6 aliphatic rings. The summed E-state index contributed by atoms with van der Waals surface area (Å²) < 4.78 is 19.6. The summed E-state index contributed by atoms with van der Waals surface area (Å²) in [4.78, 5) is 40.9. The van der Waals surface area contributed by atoms with Gasteiger partial charge in [0.2, 0.25) is 5.91 Å². The zero-order chi connectivity index (χ0) is 30.4. The molecular weight excluding hydrogens is 550 g/mol. The summed E-state index contributed by atoms with van der Waals surface area (Å²) >= 11 is 0. The number of nitrogens with zero attached hydrogens (tertiary/aromatic N) is 1. The molecule has 1 saturated carbocycles. The van der Waals surface area contributed by atoms with E-state index in [1.807, 2.05) is 11.8 Å². The van der Waals surface area contributed by atoms with Crippen molar-refractivity contribution in [1.29, 1.82) is 0 Å². The van der Waals surface area contributed by atoms with E-state index < -0.39 is 17.2 Å². The van der Waals surface area contributed by atoms with E-state index in [1.165, 1.54) is 0 Å². The Labute approximate surface area is 254 Å². The molecule has 0 aromatic rings. The molecule has 10 atom stereocenters. The molecule has 2 aliphatic carbocycles. The lowest BCUT2D eigenvalue weighted by Gasteiger charge is -2.55. The van der Waals surface area contributed by atoms with Crippen LogP contribution in [-0.4, -0.2) is 83.7 Å². The average molecular weight is 600 g/mol. The van der Waals surface area contributed by atoms with Gasteiger partial charge in [-0.05, 0) is 69.6 Å². The van der Waals surface area contributed by atoms with Crippen molar-refractivity contribution in [3.8, 4) is 0 Å². The fraction of sp³-hybridized carbons (Fsp3) is 0.788. The topological polar surface area (TPSA) is 140 Å². The minimum Gasteiger partial charge on any atom is -0.462 e. The third kappa shape index (κ3) is 5.69. The van der Waals surface area contributed by atoms with Crippen LogP contribution in [0, 0.1) is 29.6 Å². The number of nitrogens with one attached hydrogen (secondary N) is 1. The van der Waals surface area contributed by atoms with Gasteiger partial charge in [-0.2, -0.15) is 0 Å². The van der Waals surface area contributed by atoms with Crippen LogP contribution in [0.2, 0.25) is 0 Å². The molecule has 5 fully saturated rings. The molecule has 4 saturated heterocycles. The van der Waals surface area contributed by atoms with Gasteiger partial charge in [0, 0.05) is 69.8 Å². The van der Waals surface area contributed by atoms with Crippen molar-refractivity contribution in [3.05, 3.63) is 23.8 Å². The first-order chi connectivity index (χ1) is 20.7. The number of aliphatic hydroxyl groups is 1. The van der Waals surface area contributed by atoms with Crippen LogP contribution in [0.1, 0.15) is 78.1 Å². The van der Waals surface area contributed by atoms with Gasteiger partial charge in [-0.1, -0.05) is 18.2 Å². The minimum atomic E-state index is -0.979. The second-order valence-corrected chi connectivity index (χ2v) is 14.0. The highest BCUT2D eigenvalue weighted by atomic mass is 16.6. The average Bonchev–Trinajstić information content (AvgIpc) is 3.31. The number of fused-ring (bicyclic) bond motifs is 2. The molecule has 4 N–H and O–H groups in total. The minimum absolute atomic E-state index is 0.0509. The number of carbonyl (C=O) groups excluding carboxylic acids is 3. The van der Waals surface area contributed by atoms with E-state index in [0.29, 0.717) is 50.1 Å². The van der Waals surface area contributed by atoms with Gasteiger partial charge in [-0.15, -0.1) is 0 Å². The van der Waals surface area contributed by atoms with E-state index in [9.17, 15) is 19.5 Å². The number of nitrogens with two attached hydrogens (primary N) is 1. The van der Waals surface area contributed by atoms with Gasteiger partial charge in [0.1, 0.15) is 17.3 Å². The van der Waals surface area contributed by atoms with Gasteiger partial charge >= 0.3 is 11.9 Å². The van der Waals surface area contributed by atoms with Crippen molar-refractivity contribution >= 4 is 17.8 Å². The first-order valence-corrected chi connectivity index (χ1v) is 16.5. The number of hydrogen-bond donors (Lipinski definition) is 3. The maximum absolute atomic E-state index is 13.6. The highest BCUT2D eigenvalue weighted by Crippen LogP contribution is 2.59. The summed E-state index contributed by atoms with van der Waals surface area (Å²) in [5.74, 6) is 0.185. The van der Waals surface area contributed by atoms with Crippen molar-refractivity contribution < 1.29 is 33.7 Å². The largest absolute Gasteiger partial charge is 0.462 e. The first-order valence-electron chi connectivity index (χ1n) is 16.5. The number of rotatable bonds is 7. The molecule has 4 aliphatic heterocycles. The smallest absolute Gasteiger partial charge is 0.334 e. The van der Waals surface area contributed by atoms with E-state index >= 15 is 0 Å². The summed E-state index contributed by atoms with van der Waals surface area (Å²) in [6, 6.07) is 0. The van der Waals surface area contributed by atoms with Crippen LogP contribution >= 0.6 is 0 Å². The Balaban J connectivity index is 1.35.